The average molecular weight is 311 g/mol. The second kappa shape index (κ2) is 5.32. The van der Waals surface area contributed by atoms with Crippen LogP contribution in [0, 0.1) is 11.3 Å². The Morgan fingerprint density at radius 3 is 2.59 bits per heavy atom. The number of nitrogens with zero attached hydrogens (tertiary/aromatic N) is 2. The van der Waals surface area contributed by atoms with Crippen LogP contribution in [0.5, 0.6) is 0 Å². The summed E-state index contributed by atoms with van der Waals surface area (Å²) in [5.74, 6) is 0. The molecule has 0 saturated carbocycles. The zero-order valence-corrected chi connectivity index (χ0v) is 12.4. The smallest absolute Gasteiger partial charge is 0.101 e. The molecule has 0 N–H and O–H groups in total. The van der Waals surface area contributed by atoms with Gasteiger partial charge in [0.15, 0.2) is 0 Å². The third kappa shape index (κ3) is 2.97. The van der Waals surface area contributed by atoms with Crippen LogP contribution >= 0.6 is 27.7 Å². The zero-order chi connectivity index (χ0) is 12.4. The minimum absolute atomic E-state index is 0.615. The van der Waals surface area contributed by atoms with E-state index < -0.39 is 0 Å². The molecule has 1 aromatic carbocycles. The zero-order valence-electron chi connectivity index (χ0n) is 9.98. The van der Waals surface area contributed by atoms with Crippen molar-refractivity contribution < 1.29 is 0 Å². The van der Waals surface area contributed by atoms with Crippen LogP contribution in [0.25, 0.3) is 0 Å². The highest BCUT2D eigenvalue weighted by Gasteiger charge is 2.24. The summed E-state index contributed by atoms with van der Waals surface area (Å²) in [6, 6.07) is 8.14. The van der Waals surface area contributed by atoms with Crippen LogP contribution in [-0.2, 0) is 0 Å². The molecule has 0 aliphatic carbocycles. The lowest BCUT2D eigenvalue weighted by molar-refractivity contribution is 0.727. The van der Waals surface area contributed by atoms with E-state index in [0.717, 1.165) is 28.8 Å². The van der Waals surface area contributed by atoms with Crippen LogP contribution in [0.15, 0.2) is 22.7 Å². The fourth-order valence-corrected chi connectivity index (χ4v) is 3.91. The lowest BCUT2D eigenvalue weighted by Crippen LogP contribution is -2.40. The Kier molecular flexibility index (Phi) is 4.01. The van der Waals surface area contributed by atoms with Gasteiger partial charge in [-0.1, -0.05) is 29.8 Å². The van der Waals surface area contributed by atoms with Gasteiger partial charge in [-0.05, 0) is 18.2 Å². The molecule has 2 unspecified atom stereocenters. The first kappa shape index (κ1) is 12.8. The summed E-state index contributed by atoms with van der Waals surface area (Å²) < 4.78 is 1.03. The van der Waals surface area contributed by atoms with Crippen LogP contribution in [0.4, 0.5) is 5.69 Å². The number of thioether (sulfide) groups is 1. The van der Waals surface area contributed by atoms with Crippen molar-refractivity contribution in [3.63, 3.8) is 0 Å². The normalized spacial score (nSPS) is 24.5. The number of hydrogen-bond donors (Lipinski definition) is 0. The van der Waals surface area contributed by atoms with E-state index in [-0.39, 0.29) is 0 Å². The number of anilines is 1. The average Bonchev–Trinajstić information content (AvgIpc) is 2.27. The van der Waals surface area contributed by atoms with Crippen LogP contribution in [0.3, 0.4) is 0 Å². The van der Waals surface area contributed by atoms with Gasteiger partial charge in [-0.15, -0.1) is 0 Å². The number of nitriles is 1. The largest absolute Gasteiger partial charge is 0.368 e. The maximum atomic E-state index is 9.17. The minimum Gasteiger partial charge on any atom is -0.368 e. The van der Waals surface area contributed by atoms with Gasteiger partial charge in [-0.3, -0.25) is 0 Å². The molecule has 0 radical (unpaired) electrons. The van der Waals surface area contributed by atoms with Gasteiger partial charge >= 0.3 is 0 Å². The number of benzene rings is 1. The van der Waals surface area contributed by atoms with E-state index in [1.165, 1.54) is 0 Å². The second-order valence-electron chi connectivity index (χ2n) is 4.44. The molecule has 0 spiro atoms. The predicted octanol–water partition coefficient (Wildman–Crippen LogP) is 3.65. The molecule has 90 valence electrons. The fraction of sp³-hybridized carbons (Fsp3) is 0.462. The van der Waals surface area contributed by atoms with E-state index in [2.05, 4.69) is 40.7 Å². The third-order valence-electron chi connectivity index (χ3n) is 2.84. The van der Waals surface area contributed by atoms with Crippen molar-refractivity contribution in [2.75, 3.05) is 18.0 Å². The molecule has 1 heterocycles. The van der Waals surface area contributed by atoms with E-state index in [0.29, 0.717) is 10.5 Å². The van der Waals surface area contributed by atoms with Gasteiger partial charge in [0.25, 0.3) is 0 Å². The summed E-state index contributed by atoms with van der Waals surface area (Å²) >= 11 is 5.50. The van der Waals surface area contributed by atoms with Gasteiger partial charge in [0.1, 0.15) is 6.07 Å². The number of rotatable bonds is 1. The molecular formula is C13H15BrN2S. The Labute approximate surface area is 115 Å². The summed E-state index contributed by atoms with van der Waals surface area (Å²) in [5.41, 5.74) is 1.82. The van der Waals surface area contributed by atoms with Crippen molar-refractivity contribution in [3.8, 4) is 6.07 Å². The quantitative estimate of drug-likeness (QED) is 0.792. The van der Waals surface area contributed by atoms with E-state index in [9.17, 15) is 5.26 Å². The lowest BCUT2D eigenvalue weighted by Gasteiger charge is -2.36. The molecule has 1 aromatic rings. The highest BCUT2D eigenvalue weighted by molar-refractivity contribution is 9.10. The highest BCUT2D eigenvalue weighted by atomic mass is 79.9. The van der Waals surface area contributed by atoms with Gasteiger partial charge in [-0.25, -0.2) is 0 Å². The first-order chi connectivity index (χ1) is 8.10. The van der Waals surface area contributed by atoms with Crippen LogP contribution in [0.2, 0.25) is 0 Å². The van der Waals surface area contributed by atoms with Crippen molar-refractivity contribution >= 4 is 33.4 Å². The Morgan fingerprint density at radius 2 is 2.00 bits per heavy atom. The maximum Gasteiger partial charge on any atom is 0.101 e. The summed E-state index contributed by atoms with van der Waals surface area (Å²) in [7, 11) is 0. The molecule has 2 rings (SSSR count). The van der Waals surface area contributed by atoms with Gasteiger partial charge in [0.05, 0.1) is 11.3 Å². The number of halogens is 1. The van der Waals surface area contributed by atoms with E-state index in [4.69, 9.17) is 0 Å². The first-order valence-electron chi connectivity index (χ1n) is 5.70. The summed E-state index contributed by atoms with van der Waals surface area (Å²) in [6.45, 7) is 6.52. The Bertz CT molecular complexity index is 445. The van der Waals surface area contributed by atoms with Gasteiger partial charge in [0.2, 0.25) is 0 Å². The summed E-state index contributed by atoms with van der Waals surface area (Å²) in [5, 5.41) is 10.4. The van der Waals surface area contributed by atoms with Gasteiger partial charge in [-0.2, -0.15) is 17.0 Å². The molecule has 4 heteroatoms. The molecule has 17 heavy (non-hydrogen) atoms. The highest BCUT2D eigenvalue weighted by Crippen LogP contribution is 2.31. The molecule has 1 aliphatic heterocycles. The molecule has 1 aliphatic rings. The van der Waals surface area contributed by atoms with E-state index >= 15 is 0 Å². The molecule has 1 saturated heterocycles. The van der Waals surface area contributed by atoms with Gasteiger partial charge in [0, 0.05) is 28.1 Å². The standard InChI is InChI=1S/C13H15BrN2S/c1-9-7-16(8-10(2)17-9)13-5-12(14)4-3-11(13)6-15/h3-5,9-10H,7-8H2,1-2H3. The molecular weight excluding hydrogens is 296 g/mol. The Balaban J connectivity index is 2.33. The van der Waals surface area contributed by atoms with Gasteiger partial charge < -0.3 is 4.90 Å². The molecule has 0 aromatic heterocycles. The summed E-state index contributed by atoms with van der Waals surface area (Å²) in [4.78, 5) is 2.33. The lowest BCUT2D eigenvalue weighted by atomic mass is 10.1. The maximum absolute atomic E-state index is 9.17. The van der Waals surface area contributed by atoms with Crippen molar-refractivity contribution in [1.29, 1.82) is 5.26 Å². The van der Waals surface area contributed by atoms with Crippen LogP contribution in [0.1, 0.15) is 19.4 Å². The topological polar surface area (TPSA) is 27.0 Å². The fourth-order valence-electron chi connectivity index (χ4n) is 2.24. The molecule has 1 fully saturated rings. The molecule has 2 atom stereocenters. The summed E-state index contributed by atoms with van der Waals surface area (Å²) in [6.07, 6.45) is 0. The molecule has 0 amide bonds. The monoisotopic (exact) mass is 310 g/mol. The van der Waals surface area contributed by atoms with E-state index in [1.54, 1.807) is 0 Å². The SMILES string of the molecule is CC1CN(c2cc(Br)ccc2C#N)CC(C)S1. The Morgan fingerprint density at radius 1 is 1.35 bits per heavy atom. The van der Waals surface area contributed by atoms with Crippen molar-refractivity contribution in [3.05, 3.63) is 28.2 Å². The first-order valence-corrected chi connectivity index (χ1v) is 7.44. The molecule has 2 nitrogen and oxygen atoms in total. The van der Waals surface area contributed by atoms with Crippen molar-refractivity contribution in [2.24, 2.45) is 0 Å². The second-order valence-corrected chi connectivity index (χ2v) is 7.23. The molecule has 0 bridgehead atoms. The van der Waals surface area contributed by atoms with Crippen LogP contribution < -0.4 is 4.90 Å². The Hall–Kier alpha value is -0.660. The predicted molar refractivity (Wildman–Crippen MR) is 77.6 cm³/mol. The minimum atomic E-state index is 0.615. The number of hydrogen-bond acceptors (Lipinski definition) is 3. The van der Waals surface area contributed by atoms with Crippen LogP contribution in [-0.4, -0.2) is 23.6 Å². The third-order valence-corrected chi connectivity index (χ3v) is 4.56. The van der Waals surface area contributed by atoms with Crippen molar-refractivity contribution in [1.82, 2.24) is 0 Å². The van der Waals surface area contributed by atoms with Crippen molar-refractivity contribution in [2.45, 2.75) is 24.3 Å². The van der Waals surface area contributed by atoms with E-state index in [1.807, 2.05) is 30.0 Å².